The third kappa shape index (κ3) is 4.07. The minimum atomic E-state index is -0.135. The zero-order chi connectivity index (χ0) is 19.6. The Bertz CT molecular complexity index is 944. The first-order valence-electron chi connectivity index (χ1n) is 10.0. The van der Waals surface area contributed by atoms with Gasteiger partial charge in [0.15, 0.2) is 0 Å². The summed E-state index contributed by atoms with van der Waals surface area (Å²) in [6.07, 6.45) is 4.88. The Balaban J connectivity index is 1.59. The Morgan fingerprint density at radius 1 is 1.07 bits per heavy atom. The standard InChI is InChI=1S/C24H28N4/c1-24(2,25)13-8-14-26-23-27-16-18-15-21(17-9-4-3-5-10-17)19-11-6-7-12-20(19)22(18)28-23/h3-7,9-12,16,21H,8,13-15,25H2,1-2H3,(H,26,27,28). The summed E-state index contributed by atoms with van der Waals surface area (Å²) in [5, 5.41) is 3.36. The van der Waals surface area contributed by atoms with Crippen molar-refractivity contribution < 1.29 is 0 Å². The maximum atomic E-state index is 6.06. The molecule has 1 aromatic heterocycles. The van der Waals surface area contributed by atoms with E-state index in [-0.39, 0.29) is 5.54 Å². The van der Waals surface area contributed by atoms with E-state index >= 15 is 0 Å². The van der Waals surface area contributed by atoms with E-state index in [2.05, 4.69) is 78.7 Å². The first-order valence-corrected chi connectivity index (χ1v) is 10.0. The molecule has 4 nitrogen and oxygen atoms in total. The maximum Gasteiger partial charge on any atom is 0.223 e. The number of nitrogens with two attached hydrogens (primary N) is 1. The van der Waals surface area contributed by atoms with Crippen molar-refractivity contribution in [3.8, 4) is 11.3 Å². The average molecular weight is 373 g/mol. The van der Waals surface area contributed by atoms with Gasteiger partial charge < -0.3 is 11.1 Å². The number of anilines is 1. The number of hydrogen-bond donors (Lipinski definition) is 2. The Morgan fingerprint density at radius 3 is 2.61 bits per heavy atom. The highest BCUT2D eigenvalue weighted by Crippen LogP contribution is 2.41. The fraction of sp³-hybridized carbons (Fsp3) is 0.333. The number of nitrogens with zero attached hydrogens (tertiary/aromatic N) is 2. The monoisotopic (exact) mass is 372 g/mol. The molecule has 0 amide bonds. The molecular weight excluding hydrogens is 344 g/mol. The molecule has 1 aliphatic rings. The number of fused-ring (bicyclic) bond motifs is 3. The number of rotatable bonds is 6. The molecule has 2 aromatic carbocycles. The Kier molecular flexibility index (Phi) is 5.14. The van der Waals surface area contributed by atoms with E-state index < -0.39 is 0 Å². The van der Waals surface area contributed by atoms with E-state index in [1.807, 2.05) is 6.20 Å². The van der Waals surface area contributed by atoms with Gasteiger partial charge in [-0.15, -0.1) is 0 Å². The SMILES string of the molecule is CC(C)(N)CCCNc1ncc2c(n1)-c1ccccc1C(c1ccccc1)C2. The lowest BCUT2D eigenvalue weighted by atomic mass is 9.78. The summed E-state index contributed by atoms with van der Waals surface area (Å²) in [4.78, 5) is 9.44. The number of aromatic nitrogens is 2. The summed E-state index contributed by atoms with van der Waals surface area (Å²) in [6, 6.07) is 19.3. The molecule has 144 valence electrons. The smallest absolute Gasteiger partial charge is 0.223 e. The van der Waals surface area contributed by atoms with Gasteiger partial charge in [-0.25, -0.2) is 9.97 Å². The van der Waals surface area contributed by atoms with Gasteiger partial charge in [-0.3, -0.25) is 0 Å². The molecule has 1 heterocycles. The van der Waals surface area contributed by atoms with Crippen molar-refractivity contribution in [2.45, 2.75) is 44.6 Å². The molecule has 0 fully saturated rings. The van der Waals surface area contributed by atoms with Crippen molar-refractivity contribution in [1.29, 1.82) is 0 Å². The summed E-state index contributed by atoms with van der Waals surface area (Å²) < 4.78 is 0. The molecule has 4 heteroatoms. The predicted octanol–water partition coefficient (Wildman–Crippen LogP) is 4.76. The van der Waals surface area contributed by atoms with Gasteiger partial charge in [-0.2, -0.15) is 0 Å². The zero-order valence-electron chi connectivity index (χ0n) is 16.7. The molecule has 0 spiro atoms. The van der Waals surface area contributed by atoms with Crippen molar-refractivity contribution in [3.05, 3.63) is 77.5 Å². The summed E-state index contributed by atoms with van der Waals surface area (Å²) in [6.45, 7) is 4.94. The van der Waals surface area contributed by atoms with Crippen LogP contribution in [0.4, 0.5) is 5.95 Å². The third-order valence-corrected chi connectivity index (χ3v) is 5.36. The summed E-state index contributed by atoms with van der Waals surface area (Å²) in [7, 11) is 0. The van der Waals surface area contributed by atoms with Crippen LogP contribution < -0.4 is 11.1 Å². The molecule has 1 atom stereocenters. The first-order chi connectivity index (χ1) is 13.5. The molecule has 0 aliphatic heterocycles. The normalized spacial score (nSPS) is 15.6. The molecule has 0 saturated carbocycles. The molecule has 28 heavy (non-hydrogen) atoms. The topological polar surface area (TPSA) is 63.8 Å². The van der Waals surface area contributed by atoms with Gasteiger partial charge in [0.05, 0.1) is 5.69 Å². The van der Waals surface area contributed by atoms with Gasteiger partial charge in [0.1, 0.15) is 0 Å². The number of nitrogens with one attached hydrogen (secondary N) is 1. The summed E-state index contributed by atoms with van der Waals surface area (Å²) in [5.41, 5.74) is 12.1. The molecule has 1 aliphatic carbocycles. The van der Waals surface area contributed by atoms with Crippen LogP contribution in [0.2, 0.25) is 0 Å². The van der Waals surface area contributed by atoms with Crippen molar-refractivity contribution in [1.82, 2.24) is 9.97 Å². The zero-order valence-corrected chi connectivity index (χ0v) is 16.7. The van der Waals surface area contributed by atoms with Gasteiger partial charge in [-0.1, -0.05) is 54.6 Å². The van der Waals surface area contributed by atoms with Crippen LogP contribution in [0.25, 0.3) is 11.3 Å². The van der Waals surface area contributed by atoms with Gasteiger partial charge >= 0.3 is 0 Å². The van der Waals surface area contributed by atoms with Gasteiger partial charge in [-0.05, 0) is 49.8 Å². The van der Waals surface area contributed by atoms with Crippen molar-refractivity contribution >= 4 is 5.95 Å². The van der Waals surface area contributed by atoms with E-state index in [0.29, 0.717) is 11.9 Å². The summed E-state index contributed by atoms with van der Waals surface area (Å²) in [5.74, 6) is 1.04. The Morgan fingerprint density at radius 2 is 1.82 bits per heavy atom. The number of hydrogen-bond acceptors (Lipinski definition) is 4. The van der Waals surface area contributed by atoms with Crippen LogP contribution in [0.1, 0.15) is 49.3 Å². The quantitative estimate of drug-likeness (QED) is 0.612. The number of benzene rings is 2. The highest BCUT2D eigenvalue weighted by molar-refractivity contribution is 5.72. The highest BCUT2D eigenvalue weighted by Gasteiger charge is 2.27. The van der Waals surface area contributed by atoms with Crippen molar-refractivity contribution in [2.75, 3.05) is 11.9 Å². The van der Waals surface area contributed by atoms with E-state index in [1.54, 1.807) is 0 Å². The second-order valence-electron chi connectivity index (χ2n) is 8.34. The molecule has 0 saturated heterocycles. The van der Waals surface area contributed by atoms with E-state index in [0.717, 1.165) is 31.5 Å². The van der Waals surface area contributed by atoms with Crippen molar-refractivity contribution in [3.63, 3.8) is 0 Å². The van der Waals surface area contributed by atoms with E-state index in [9.17, 15) is 0 Å². The first kappa shape index (κ1) is 18.6. The van der Waals surface area contributed by atoms with Gasteiger partial charge in [0, 0.05) is 29.8 Å². The van der Waals surface area contributed by atoms with Crippen LogP contribution in [0.3, 0.4) is 0 Å². The average Bonchev–Trinajstić information content (AvgIpc) is 2.70. The minimum Gasteiger partial charge on any atom is -0.354 e. The Labute approximate surface area is 167 Å². The van der Waals surface area contributed by atoms with Crippen LogP contribution in [-0.2, 0) is 6.42 Å². The lowest BCUT2D eigenvalue weighted by Crippen LogP contribution is -2.32. The minimum absolute atomic E-state index is 0.135. The maximum absolute atomic E-state index is 6.06. The van der Waals surface area contributed by atoms with Gasteiger partial charge in [0.2, 0.25) is 5.95 Å². The second kappa shape index (κ2) is 7.72. The van der Waals surface area contributed by atoms with Crippen LogP contribution >= 0.6 is 0 Å². The van der Waals surface area contributed by atoms with Crippen molar-refractivity contribution in [2.24, 2.45) is 5.73 Å². The molecule has 1 unspecified atom stereocenters. The largest absolute Gasteiger partial charge is 0.354 e. The molecule has 0 radical (unpaired) electrons. The molecule has 4 rings (SSSR count). The molecule has 3 N–H and O–H groups in total. The second-order valence-corrected chi connectivity index (χ2v) is 8.34. The van der Waals surface area contributed by atoms with Crippen LogP contribution in [-0.4, -0.2) is 22.1 Å². The van der Waals surface area contributed by atoms with E-state index in [1.165, 1.54) is 22.3 Å². The molecule has 3 aromatic rings. The van der Waals surface area contributed by atoms with Crippen LogP contribution in [0, 0.1) is 0 Å². The Hall–Kier alpha value is -2.72. The van der Waals surface area contributed by atoms with Crippen LogP contribution in [0.5, 0.6) is 0 Å². The van der Waals surface area contributed by atoms with Crippen LogP contribution in [0.15, 0.2) is 60.8 Å². The highest BCUT2D eigenvalue weighted by atomic mass is 15.1. The lowest BCUT2D eigenvalue weighted by molar-refractivity contribution is 0.465. The molecule has 0 bridgehead atoms. The fourth-order valence-corrected chi connectivity index (χ4v) is 3.95. The lowest BCUT2D eigenvalue weighted by Gasteiger charge is -2.27. The van der Waals surface area contributed by atoms with E-state index in [4.69, 9.17) is 10.7 Å². The third-order valence-electron chi connectivity index (χ3n) is 5.36. The molecular formula is C24H28N4. The summed E-state index contributed by atoms with van der Waals surface area (Å²) >= 11 is 0. The predicted molar refractivity (Wildman–Crippen MR) is 115 cm³/mol. The van der Waals surface area contributed by atoms with Gasteiger partial charge in [0.25, 0.3) is 0 Å². The fourth-order valence-electron chi connectivity index (χ4n) is 3.95.